The van der Waals surface area contributed by atoms with Crippen LogP contribution in [0.4, 0.5) is 0 Å². The van der Waals surface area contributed by atoms with Crippen LogP contribution in [0.25, 0.3) is 0 Å². The van der Waals surface area contributed by atoms with Gasteiger partial charge in [0.05, 0.1) is 17.4 Å². The van der Waals surface area contributed by atoms with Crippen LogP contribution >= 0.6 is 27.3 Å². The molecule has 0 radical (unpaired) electrons. The molecule has 0 aromatic carbocycles. The Morgan fingerprint density at radius 1 is 1.17 bits per heavy atom. The summed E-state index contributed by atoms with van der Waals surface area (Å²) in [6.45, 7) is 5.93. The highest BCUT2D eigenvalue weighted by molar-refractivity contribution is 9.11. The van der Waals surface area contributed by atoms with E-state index in [1.807, 2.05) is 6.07 Å². The molecule has 0 spiro atoms. The lowest BCUT2D eigenvalue weighted by molar-refractivity contribution is 0.0561. The van der Waals surface area contributed by atoms with Gasteiger partial charge in [-0.3, -0.25) is 9.80 Å². The van der Waals surface area contributed by atoms with Crippen LogP contribution in [-0.4, -0.2) is 49.1 Å². The van der Waals surface area contributed by atoms with E-state index in [2.05, 4.69) is 42.6 Å². The van der Waals surface area contributed by atoms with Crippen LogP contribution in [-0.2, 0) is 17.8 Å². The van der Waals surface area contributed by atoms with E-state index in [0.717, 1.165) is 51.4 Å². The third-order valence-electron chi connectivity index (χ3n) is 4.12. The van der Waals surface area contributed by atoms with Crippen LogP contribution < -0.4 is 0 Å². The predicted octanol–water partition coefficient (Wildman–Crippen LogP) is 3.60. The quantitative estimate of drug-likeness (QED) is 0.701. The van der Waals surface area contributed by atoms with Gasteiger partial charge in [0.25, 0.3) is 0 Å². The normalized spacial score (nSPS) is 16.9. The van der Waals surface area contributed by atoms with Crippen molar-refractivity contribution >= 4 is 33.2 Å². The summed E-state index contributed by atoms with van der Waals surface area (Å²) < 4.78 is 11.4. The topological polar surface area (TPSA) is 45.9 Å². The van der Waals surface area contributed by atoms with E-state index >= 15 is 0 Å². The smallest absolute Gasteiger partial charge is 0.373 e. The summed E-state index contributed by atoms with van der Waals surface area (Å²) in [5.41, 5.74) is 0. The molecule has 5 nitrogen and oxygen atoms in total. The van der Waals surface area contributed by atoms with Crippen molar-refractivity contribution in [3.05, 3.63) is 44.4 Å². The van der Waals surface area contributed by atoms with Gasteiger partial charge in [-0.05, 0) is 59.7 Å². The lowest BCUT2D eigenvalue weighted by Crippen LogP contribution is -2.30. The molecule has 1 aliphatic heterocycles. The first-order valence-corrected chi connectivity index (χ1v) is 9.61. The number of esters is 1. The Morgan fingerprint density at radius 3 is 2.58 bits per heavy atom. The molecular formula is C17H21BrN2O3S. The first kappa shape index (κ1) is 17.7. The first-order valence-electron chi connectivity index (χ1n) is 8.00. The number of hydrogen-bond donors (Lipinski definition) is 0. The highest BCUT2D eigenvalue weighted by atomic mass is 79.9. The van der Waals surface area contributed by atoms with Gasteiger partial charge in [0.1, 0.15) is 5.76 Å². The minimum Gasteiger partial charge on any atom is -0.463 e. The van der Waals surface area contributed by atoms with Gasteiger partial charge in [0.15, 0.2) is 0 Å². The van der Waals surface area contributed by atoms with E-state index in [-0.39, 0.29) is 5.76 Å². The van der Waals surface area contributed by atoms with Crippen LogP contribution in [0.2, 0.25) is 0 Å². The van der Waals surface area contributed by atoms with Crippen molar-refractivity contribution < 1.29 is 13.9 Å². The second-order valence-corrected chi connectivity index (χ2v) is 8.42. The number of halogens is 1. The van der Waals surface area contributed by atoms with Crippen LogP contribution in [0.15, 0.2) is 32.5 Å². The highest BCUT2D eigenvalue weighted by Crippen LogP contribution is 2.23. The van der Waals surface area contributed by atoms with Crippen molar-refractivity contribution in [2.45, 2.75) is 19.5 Å². The third-order valence-corrected chi connectivity index (χ3v) is 5.73. The Balaban J connectivity index is 1.51. The second kappa shape index (κ2) is 8.29. The monoisotopic (exact) mass is 412 g/mol. The van der Waals surface area contributed by atoms with E-state index in [9.17, 15) is 4.79 Å². The van der Waals surface area contributed by atoms with Crippen LogP contribution in [0.1, 0.15) is 27.6 Å². The standard InChI is InChI=1S/C17H21BrN2O3S/c1-22-17(21)15-5-3-13(23-15)11-19-7-2-8-20(10-9-19)12-14-4-6-16(18)24-14/h3-6H,2,7-12H2,1H3. The fraction of sp³-hybridized carbons (Fsp3) is 0.471. The number of ether oxygens (including phenoxy) is 1. The fourth-order valence-electron chi connectivity index (χ4n) is 2.89. The molecular weight excluding hydrogens is 392 g/mol. The number of carbonyl (C=O) groups excluding carboxylic acids is 1. The number of methoxy groups -OCH3 is 1. The average Bonchev–Trinajstić information content (AvgIpc) is 3.14. The van der Waals surface area contributed by atoms with Gasteiger partial charge in [-0.15, -0.1) is 11.3 Å². The Labute approximate surface area is 154 Å². The molecule has 0 amide bonds. The minimum atomic E-state index is -0.426. The van der Waals surface area contributed by atoms with E-state index in [1.165, 1.54) is 15.8 Å². The van der Waals surface area contributed by atoms with Crippen LogP contribution in [0, 0.1) is 0 Å². The maximum atomic E-state index is 11.5. The molecule has 3 heterocycles. The van der Waals surface area contributed by atoms with Crippen LogP contribution in [0.5, 0.6) is 0 Å². The molecule has 1 saturated heterocycles. The van der Waals surface area contributed by atoms with Crippen molar-refractivity contribution in [3.8, 4) is 0 Å². The zero-order chi connectivity index (χ0) is 16.9. The van der Waals surface area contributed by atoms with E-state index in [1.54, 1.807) is 17.4 Å². The molecule has 0 N–H and O–H groups in total. The molecule has 24 heavy (non-hydrogen) atoms. The molecule has 0 aliphatic carbocycles. The maximum absolute atomic E-state index is 11.5. The number of carbonyl (C=O) groups is 1. The molecule has 3 rings (SSSR count). The molecule has 0 saturated carbocycles. The van der Waals surface area contributed by atoms with Crippen molar-refractivity contribution in [1.82, 2.24) is 9.80 Å². The lowest BCUT2D eigenvalue weighted by Gasteiger charge is -2.20. The summed E-state index contributed by atoms with van der Waals surface area (Å²) in [5.74, 6) is 0.656. The summed E-state index contributed by atoms with van der Waals surface area (Å²) in [6.07, 6.45) is 1.14. The number of rotatable bonds is 5. The van der Waals surface area contributed by atoms with E-state index in [0.29, 0.717) is 0 Å². The Morgan fingerprint density at radius 2 is 1.92 bits per heavy atom. The molecule has 7 heteroatoms. The molecule has 2 aromatic heterocycles. The predicted molar refractivity (Wildman–Crippen MR) is 97.2 cm³/mol. The largest absolute Gasteiger partial charge is 0.463 e. The fourth-order valence-corrected chi connectivity index (χ4v) is 4.42. The molecule has 130 valence electrons. The summed E-state index contributed by atoms with van der Waals surface area (Å²) in [6, 6.07) is 7.84. The Hall–Kier alpha value is -1.15. The van der Waals surface area contributed by atoms with Crippen molar-refractivity contribution in [2.75, 3.05) is 33.3 Å². The van der Waals surface area contributed by atoms with Gasteiger partial charge in [0.2, 0.25) is 5.76 Å². The number of hydrogen-bond acceptors (Lipinski definition) is 6. The third kappa shape index (κ3) is 4.69. The number of furan rings is 1. The van der Waals surface area contributed by atoms with Gasteiger partial charge in [-0.1, -0.05) is 0 Å². The summed E-state index contributed by atoms with van der Waals surface area (Å²) in [7, 11) is 1.36. The minimum absolute atomic E-state index is 0.271. The van der Waals surface area contributed by atoms with Crippen molar-refractivity contribution in [3.63, 3.8) is 0 Å². The van der Waals surface area contributed by atoms with Gasteiger partial charge in [-0.2, -0.15) is 0 Å². The molecule has 0 bridgehead atoms. The van der Waals surface area contributed by atoms with E-state index in [4.69, 9.17) is 4.42 Å². The SMILES string of the molecule is COC(=O)c1ccc(CN2CCCN(Cc3ccc(Br)s3)CC2)o1. The van der Waals surface area contributed by atoms with Gasteiger partial charge >= 0.3 is 5.97 Å². The van der Waals surface area contributed by atoms with Crippen LogP contribution in [0.3, 0.4) is 0 Å². The summed E-state index contributed by atoms with van der Waals surface area (Å²) in [4.78, 5) is 17.7. The molecule has 0 atom stereocenters. The number of nitrogens with zero attached hydrogens (tertiary/aromatic N) is 2. The van der Waals surface area contributed by atoms with E-state index < -0.39 is 5.97 Å². The highest BCUT2D eigenvalue weighted by Gasteiger charge is 2.18. The zero-order valence-electron chi connectivity index (χ0n) is 13.7. The molecule has 2 aromatic rings. The first-order chi connectivity index (χ1) is 11.6. The number of thiophene rings is 1. The van der Waals surface area contributed by atoms with Crippen molar-refractivity contribution in [2.24, 2.45) is 0 Å². The second-order valence-electron chi connectivity index (χ2n) is 5.87. The summed E-state index contributed by atoms with van der Waals surface area (Å²) >= 11 is 5.33. The average molecular weight is 413 g/mol. The van der Waals surface area contributed by atoms with Crippen molar-refractivity contribution in [1.29, 1.82) is 0 Å². The van der Waals surface area contributed by atoms with Gasteiger partial charge in [0, 0.05) is 24.5 Å². The summed E-state index contributed by atoms with van der Waals surface area (Å²) in [5, 5.41) is 0. The van der Waals surface area contributed by atoms with Gasteiger partial charge < -0.3 is 9.15 Å². The maximum Gasteiger partial charge on any atom is 0.373 e. The molecule has 1 aliphatic rings. The molecule has 1 fully saturated rings. The zero-order valence-corrected chi connectivity index (χ0v) is 16.1. The van der Waals surface area contributed by atoms with Gasteiger partial charge in [-0.25, -0.2) is 4.79 Å². The lowest BCUT2D eigenvalue weighted by atomic mass is 10.3. The Kier molecular flexibility index (Phi) is 6.10. The molecule has 0 unspecified atom stereocenters. The Bertz CT molecular complexity index is 685.